The second kappa shape index (κ2) is 4.41. The van der Waals surface area contributed by atoms with Crippen molar-refractivity contribution in [2.75, 3.05) is 19.7 Å². The van der Waals surface area contributed by atoms with Crippen LogP contribution in [0.25, 0.3) is 0 Å². The molecule has 3 amide bonds. The van der Waals surface area contributed by atoms with Crippen molar-refractivity contribution in [3.8, 4) is 0 Å². The van der Waals surface area contributed by atoms with Gasteiger partial charge in [0.25, 0.3) is 0 Å². The summed E-state index contributed by atoms with van der Waals surface area (Å²) in [6.07, 6.45) is 1.20. The molecule has 0 spiro atoms. The van der Waals surface area contributed by atoms with E-state index in [1.807, 2.05) is 13.8 Å². The van der Waals surface area contributed by atoms with Gasteiger partial charge in [-0.05, 0) is 13.3 Å². The summed E-state index contributed by atoms with van der Waals surface area (Å²) in [5, 5.41) is 2.38. The highest BCUT2D eigenvalue weighted by molar-refractivity contribution is 5.97. The SMILES string of the molecule is CC1CN(CC2CCOC2C)C(=O)NC1=O. The van der Waals surface area contributed by atoms with Crippen molar-refractivity contribution in [3.05, 3.63) is 0 Å². The molecule has 2 rings (SSSR count). The average Bonchev–Trinajstić information content (AvgIpc) is 2.61. The van der Waals surface area contributed by atoms with E-state index in [1.165, 1.54) is 0 Å². The fourth-order valence-corrected chi connectivity index (χ4v) is 2.26. The van der Waals surface area contributed by atoms with Crippen molar-refractivity contribution in [1.82, 2.24) is 10.2 Å². The Labute approximate surface area is 95.1 Å². The van der Waals surface area contributed by atoms with Crippen LogP contribution in [0.1, 0.15) is 20.3 Å². The van der Waals surface area contributed by atoms with Crippen LogP contribution < -0.4 is 5.32 Å². The van der Waals surface area contributed by atoms with Gasteiger partial charge in [-0.1, -0.05) is 6.92 Å². The van der Waals surface area contributed by atoms with E-state index in [1.54, 1.807) is 4.90 Å². The number of amides is 3. The molecule has 3 unspecified atom stereocenters. The fourth-order valence-electron chi connectivity index (χ4n) is 2.26. The largest absolute Gasteiger partial charge is 0.378 e. The maximum absolute atomic E-state index is 11.6. The van der Waals surface area contributed by atoms with Gasteiger partial charge in [0.15, 0.2) is 0 Å². The summed E-state index contributed by atoms with van der Waals surface area (Å²) in [5.74, 6) is 0.110. The smallest absolute Gasteiger partial charge is 0.324 e. The molecule has 0 aromatic heterocycles. The molecule has 2 fully saturated rings. The molecule has 3 atom stereocenters. The first-order valence-corrected chi connectivity index (χ1v) is 5.79. The number of hydrogen-bond donors (Lipinski definition) is 1. The summed E-state index contributed by atoms with van der Waals surface area (Å²) in [5.41, 5.74) is 0. The summed E-state index contributed by atoms with van der Waals surface area (Å²) in [6.45, 7) is 5.85. The van der Waals surface area contributed by atoms with Gasteiger partial charge in [0.1, 0.15) is 0 Å². The van der Waals surface area contributed by atoms with Gasteiger partial charge in [0.05, 0.1) is 12.0 Å². The van der Waals surface area contributed by atoms with Crippen LogP contribution in [0.15, 0.2) is 0 Å². The minimum atomic E-state index is -0.262. The van der Waals surface area contributed by atoms with Crippen molar-refractivity contribution >= 4 is 11.9 Å². The molecule has 5 heteroatoms. The summed E-state index contributed by atoms with van der Waals surface area (Å²) in [6, 6.07) is -0.262. The van der Waals surface area contributed by atoms with Gasteiger partial charge in [0.2, 0.25) is 5.91 Å². The van der Waals surface area contributed by atoms with Crippen LogP contribution in [0.4, 0.5) is 4.79 Å². The quantitative estimate of drug-likeness (QED) is 0.750. The van der Waals surface area contributed by atoms with E-state index in [4.69, 9.17) is 4.74 Å². The Kier molecular flexibility index (Phi) is 3.14. The molecule has 2 aliphatic rings. The van der Waals surface area contributed by atoms with Crippen LogP contribution in [0.3, 0.4) is 0 Å². The first-order valence-electron chi connectivity index (χ1n) is 5.79. The number of rotatable bonds is 2. The summed E-state index contributed by atoms with van der Waals surface area (Å²) >= 11 is 0. The zero-order chi connectivity index (χ0) is 11.7. The van der Waals surface area contributed by atoms with Crippen molar-refractivity contribution < 1.29 is 14.3 Å². The summed E-state index contributed by atoms with van der Waals surface area (Å²) in [4.78, 5) is 24.6. The van der Waals surface area contributed by atoms with Crippen LogP contribution in [-0.4, -0.2) is 42.6 Å². The lowest BCUT2D eigenvalue weighted by molar-refractivity contribution is -0.125. The molecule has 0 radical (unpaired) electrons. The number of carbonyl (C=O) groups excluding carboxylic acids is 2. The van der Waals surface area contributed by atoms with E-state index in [9.17, 15) is 9.59 Å². The van der Waals surface area contributed by atoms with Gasteiger partial charge >= 0.3 is 6.03 Å². The number of imide groups is 1. The standard InChI is InChI=1S/C11H18N2O3/c1-7-5-13(11(15)12-10(7)14)6-9-3-4-16-8(9)2/h7-9H,3-6H2,1-2H3,(H,12,14,15). The lowest BCUT2D eigenvalue weighted by Crippen LogP contribution is -2.55. The number of ether oxygens (including phenoxy) is 1. The third kappa shape index (κ3) is 2.19. The molecule has 0 aromatic rings. The van der Waals surface area contributed by atoms with E-state index < -0.39 is 0 Å². The van der Waals surface area contributed by atoms with Crippen molar-refractivity contribution in [1.29, 1.82) is 0 Å². The van der Waals surface area contributed by atoms with E-state index in [0.717, 1.165) is 13.0 Å². The molecule has 2 heterocycles. The van der Waals surface area contributed by atoms with E-state index >= 15 is 0 Å². The third-order valence-corrected chi connectivity index (χ3v) is 3.45. The number of hydrogen-bond acceptors (Lipinski definition) is 3. The van der Waals surface area contributed by atoms with Crippen molar-refractivity contribution in [2.45, 2.75) is 26.4 Å². The van der Waals surface area contributed by atoms with Gasteiger partial charge in [-0.2, -0.15) is 0 Å². The molecule has 2 aliphatic heterocycles. The highest BCUT2D eigenvalue weighted by Gasteiger charge is 2.33. The van der Waals surface area contributed by atoms with Gasteiger partial charge in [0, 0.05) is 25.6 Å². The lowest BCUT2D eigenvalue weighted by atomic mass is 10.0. The Balaban J connectivity index is 1.94. The van der Waals surface area contributed by atoms with E-state index in [-0.39, 0.29) is 24.0 Å². The molecule has 0 bridgehead atoms. The maximum Gasteiger partial charge on any atom is 0.324 e. The third-order valence-electron chi connectivity index (χ3n) is 3.45. The normalized spacial score (nSPS) is 35.4. The second-order valence-electron chi connectivity index (χ2n) is 4.73. The van der Waals surface area contributed by atoms with E-state index in [0.29, 0.717) is 19.0 Å². The first-order chi connectivity index (χ1) is 7.58. The topological polar surface area (TPSA) is 58.6 Å². The maximum atomic E-state index is 11.6. The molecule has 0 aromatic carbocycles. The number of carbonyl (C=O) groups is 2. The highest BCUT2D eigenvalue weighted by atomic mass is 16.5. The van der Waals surface area contributed by atoms with Crippen molar-refractivity contribution in [2.24, 2.45) is 11.8 Å². The first kappa shape index (κ1) is 11.4. The van der Waals surface area contributed by atoms with Gasteiger partial charge in [-0.15, -0.1) is 0 Å². The minimum absolute atomic E-state index is 0.115. The average molecular weight is 226 g/mol. The van der Waals surface area contributed by atoms with Gasteiger partial charge in [-0.3, -0.25) is 10.1 Å². The molecule has 16 heavy (non-hydrogen) atoms. The summed E-state index contributed by atoms with van der Waals surface area (Å²) in [7, 11) is 0. The van der Waals surface area contributed by atoms with Crippen LogP contribution >= 0.6 is 0 Å². The molecule has 2 saturated heterocycles. The Morgan fingerprint density at radius 3 is 2.81 bits per heavy atom. The fraction of sp³-hybridized carbons (Fsp3) is 0.818. The highest BCUT2D eigenvalue weighted by Crippen LogP contribution is 2.22. The van der Waals surface area contributed by atoms with E-state index in [2.05, 4.69) is 5.32 Å². The van der Waals surface area contributed by atoms with Crippen molar-refractivity contribution in [3.63, 3.8) is 0 Å². The zero-order valence-electron chi connectivity index (χ0n) is 9.73. The Hall–Kier alpha value is -1.10. The Morgan fingerprint density at radius 1 is 1.44 bits per heavy atom. The molecule has 90 valence electrons. The summed E-state index contributed by atoms with van der Waals surface area (Å²) < 4.78 is 5.46. The molecule has 1 N–H and O–H groups in total. The monoisotopic (exact) mass is 226 g/mol. The molecule has 0 aliphatic carbocycles. The second-order valence-corrected chi connectivity index (χ2v) is 4.73. The zero-order valence-corrected chi connectivity index (χ0v) is 9.73. The minimum Gasteiger partial charge on any atom is -0.378 e. The predicted molar refractivity (Wildman–Crippen MR) is 57.8 cm³/mol. The number of nitrogens with one attached hydrogen (secondary N) is 1. The number of nitrogens with zero attached hydrogens (tertiary/aromatic N) is 1. The molecule has 5 nitrogen and oxygen atoms in total. The van der Waals surface area contributed by atoms with Crippen LogP contribution in [0.2, 0.25) is 0 Å². The Morgan fingerprint density at radius 2 is 2.19 bits per heavy atom. The molecular formula is C11H18N2O3. The molecular weight excluding hydrogens is 208 g/mol. The van der Waals surface area contributed by atoms with Crippen LogP contribution in [0.5, 0.6) is 0 Å². The number of urea groups is 1. The Bertz CT molecular complexity index is 306. The van der Waals surface area contributed by atoms with Crippen LogP contribution in [0, 0.1) is 11.8 Å². The van der Waals surface area contributed by atoms with Gasteiger partial charge < -0.3 is 9.64 Å². The molecule has 0 saturated carbocycles. The van der Waals surface area contributed by atoms with Crippen LogP contribution in [-0.2, 0) is 9.53 Å². The predicted octanol–water partition coefficient (Wildman–Crippen LogP) is 0.599. The lowest BCUT2D eigenvalue weighted by Gasteiger charge is -2.32. The van der Waals surface area contributed by atoms with Gasteiger partial charge in [-0.25, -0.2) is 4.79 Å².